The molecule has 0 amide bonds. The summed E-state index contributed by atoms with van der Waals surface area (Å²) in [6.07, 6.45) is -1.23. The monoisotopic (exact) mass is 467 g/mol. The first-order chi connectivity index (χ1) is 16.5. The highest BCUT2D eigenvalue weighted by atomic mass is 16.6. The van der Waals surface area contributed by atoms with Crippen molar-refractivity contribution < 1.29 is 24.8 Å². The third kappa shape index (κ3) is 3.66. The molecule has 0 bridgehead atoms. The van der Waals surface area contributed by atoms with Gasteiger partial charge in [-0.2, -0.15) is 5.10 Å². The van der Waals surface area contributed by atoms with Gasteiger partial charge in [-0.3, -0.25) is 9.67 Å². The number of nitrogens with zero attached hydrogens (tertiary/aromatic N) is 5. The van der Waals surface area contributed by atoms with Crippen LogP contribution in [-0.4, -0.2) is 83.6 Å². The maximum atomic E-state index is 10.5. The number of aliphatic hydroxyl groups is 3. The van der Waals surface area contributed by atoms with Crippen LogP contribution in [0.5, 0.6) is 5.75 Å². The van der Waals surface area contributed by atoms with Crippen LogP contribution in [0.4, 0.5) is 5.82 Å². The third-order valence-electron chi connectivity index (χ3n) is 5.82. The van der Waals surface area contributed by atoms with Crippen LogP contribution in [0.1, 0.15) is 13.2 Å². The minimum atomic E-state index is -1.27. The standard InChI is InChI=1S/C22H25N7O5/c1-3-23-19-16-21(29(10-24-16)22-18(32)17(31)14(9-30)34-22)27-20(26-19)15-13(8-25-28-15)11-4-6-12(33-2)7-5-11/h4-8,10,14,17-18,22,30-32H,3,9H2,1-2H3,(H,25,28)(H,23,26,27)/t14-,17-,18-,22-/m1/s1. The number of imidazole rings is 1. The number of fused-ring (bicyclic) bond motifs is 1. The van der Waals surface area contributed by atoms with E-state index >= 15 is 0 Å². The lowest BCUT2D eigenvalue weighted by Gasteiger charge is -2.17. The molecule has 0 spiro atoms. The lowest BCUT2D eigenvalue weighted by Crippen LogP contribution is -2.33. The van der Waals surface area contributed by atoms with E-state index in [1.165, 1.54) is 10.9 Å². The van der Waals surface area contributed by atoms with Crippen LogP contribution < -0.4 is 10.1 Å². The molecule has 0 unspecified atom stereocenters. The molecule has 0 saturated carbocycles. The Hall–Kier alpha value is -3.58. The maximum Gasteiger partial charge on any atom is 0.182 e. The first-order valence-electron chi connectivity index (χ1n) is 10.8. The summed E-state index contributed by atoms with van der Waals surface area (Å²) in [6.45, 7) is 2.11. The Bertz CT molecular complexity index is 1290. The Morgan fingerprint density at radius 3 is 2.65 bits per heavy atom. The Labute approximate surface area is 194 Å². The fourth-order valence-corrected chi connectivity index (χ4v) is 4.06. The first-order valence-corrected chi connectivity index (χ1v) is 10.8. The van der Waals surface area contributed by atoms with Crippen molar-refractivity contribution in [2.45, 2.75) is 31.5 Å². The molecule has 12 nitrogen and oxygen atoms in total. The van der Waals surface area contributed by atoms with Gasteiger partial charge in [0.25, 0.3) is 0 Å². The summed E-state index contributed by atoms with van der Waals surface area (Å²) in [7, 11) is 1.61. The van der Waals surface area contributed by atoms with E-state index in [1.807, 2.05) is 31.2 Å². The summed E-state index contributed by atoms with van der Waals surface area (Å²) < 4.78 is 12.5. The number of ether oxygens (including phenoxy) is 2. The highest BCUT2D eigenvalue weighted by molar-refractivity contribution is 5.87. The lowest BCUT2D eigenvalue weighted by molar-refractivity contribution is -0.0511. The predicted octanol–water partition coefficient (Wildman–Crippen LogP) is 0.935. The maximum absolute atomic E-state index is 10.5. The number of aromatic amines is 1. The van der Waals surface area contributed by atoms with Crippen LogP contribution in [0.2, 0.25) is 0 Å². The first kappa shape index (κ1) is 22.2. The van der Waals surface area contributed by atoms with Gasteiger partial charge in [0.1, 0.15) is 29.8 Å². The molecule has 1 aromatic carbocycles. The molecule has 5 rings (SSSR count). The van der Waals surface area contributed by atoms with Crippen LogP contribution >= 0.6 is 0 Å². The molecular weight excluding hydrogens is 442 g/mol. The van der Waals surface area contributed by atoms with E-state index in [0.717, 1.165) is 16.9 Å². The molecule has 3 aromatic heterocycles. The van der Waals surface area contributed by atoms with Gasteiger partial charge >= 0.3 is 0 Å². The van der Waals surface area contributed by atoms with Crippen molar-refractivity contribution in [3.8, 4) is 28.4 Å². The molecule has 178 valence electrons. The minimum absolute atomic E-state index is 0.361. The zero-order chi connectivity index (χ0) is 23.8. The minimum Gasteiger partial charge on any atom is -0.497 e. The number of H-pyrrole nitrogens is 1. The van der Waals surface area contributed by atoms with Crippen LogP contribution in [-0.2, 0) is 4.74 Å². The van der Waals surface area contributed by atoms with E-state index in [4.69, 9.17) is 14.5 Å². The van der Waals surface area contributed by atoms with Crippen molar-refractivity contribution >= 4 is 17.0 Å². The third-order valence-corrected chi connectivity index (χ3v) is 5.82. The number of rotatable bonds is 7. The number of anilines is 1. The van der Waals surface area contributed by atoms with Crippen molar-refractivity contribution in [1.29, 1.82) is 0 Å². The number of nitrogens with one attached hydrogen (secondary N) is 2. The van der Waals surface area contributed by atoms with Crippen LogP contribution in [0.3, 0.4) is 0 Å². The highest BCUT2D eigenvalue weighted by Crippen LogP contribution is 2.35. The van der Waals surface area contributed by atoms with Crippen molar-refractivity contribution in [1.82, 2.24) is 29.7 Å². The van der Waals surface area contributed by atoms with Crippen molar-refractivity contribution in [3.05, 3.63) is 36.8 Å². The molecule has 4 heterocycles. The largest absolute Gasteiger partial charge is 0.497 e. The van der Waals surface area contributed by atoms with Crippen molar-refractivity contribution in [3.63, 3.8) is 0 Å². The number of methoxy groups -OCH3 is 1. The Morgan fingerprint density at radius 1 is 1.18 bits per heavy atom. The second kappa shape index (κ2) is 8.99. The molecule has 4 atom stereocenters. The normalized spacial score (nSPS) is 22.4. The Kier molecular flexibility index (Phi) is 5.87. The molecule has 5 N–H and O–H groups in total. The molecule has 4 aromatic rings. The molecule has 12 heteroatoms. The van der Waals surface area contributed by atoms with Gasteiger partial charge in [0.15, 0.2) is 29.0 Å². The molecule has 34 heavy (non-hydrogen) atoms. The van der Waals surface area contributed by atoms with Gasteiger partial charge in [0, 0.05) is 12.1 Å². The van der Waals surface area contributed by atoms with Gasteiger partial charge in [-0.25, -0.2) is 15.0 Å². The highest BCUT2D eigenvalue weighted by Gasteiger charge is 2.44. The molecule has 1 aliphatic rings. The van der Waals surface area contributed by atoms with E-state index in [9.17, 15) is 15.3 Å². The van der Waals surface area contributed by atoms with Gasteiger partial charge in [-0.05, 0) is 24.6 Å². The SMILES string of the molecule is CCNc1nc(-c2[nH]ncc2-c2ccc(OC)cc2)nc2c1ncn2[C@@H]1O[C@H](CO)[C@@H](O)[C@H]1O. The number of aliphatic hydroxyl groups excluding tert-OH is 3. The zero-order valence-corrected chi connectivity index (χ0v) is 18.6. The van der Waals surface area contributed by atoms with Gasteiger partial charge in [0.05, 0.1) is 26.2 Å². The number of hydrogen-bond donors (Lipinski definition) is 5. The van der Waals surface area contributed by atoms with E-state index in [2.05, 4.69) is 25.5 Å². The molecule has 1 saturated heterocycles. The Morgan fingerprint density at radius 2 is 1.97 bits per heavy atom. The molecule has 1 aliphatic heterocycles. The van der Waals surface area contributed by atoms with E-state index < -0.39 is 31.1 Å². The smallest absolute Gasteiger partial charge is 0.182 e. The number of hydrogen-bond acceptors (Lipinski definition) is 10. The quantitative estimate of drug-likeness (QED) is 0.264. The van der Waals surface area contributed by atoms with Crippen LogP contribution in [0.25, 0.3) is 33.8 Å². The molecule has 0 radical (unpaired) electrons. The Balaban J connectivity index is 1.62. The van der Waals surface area contributed by atoms with E-state index in [-0.39, 0.29) is 0 Å². The second-order valence-corrected chi connectivity index (χ2v) is 7.87. The van der Waals surface area contributed by atoms with Crippen molar-refractivity contribution in [2.75, 3.05) is 25.6 Å². The van der Waals surface area contributed by atoms with Gasteiger partial charge in [-0.15, -0.1) is 0 Å². The summed E-state index contributed by atoms with van der Waals surface area (Å²) in [5, 5.41) is 40.6. The average Bonchev–Trinajstić information content (AvgIpc) is 3.58. The topological polar surface area (TPSA) is 163 Å². The van der Waals surface area contributed by atoms with E-state index in [1.54, 1.807) is 13.3 Å². The fraction of sp³-hybridized carbons (Fsp3) is 0.364. The van der Waals surface area contributed by atoms with Crippen LogP contribution in [0.15, 0.2) is 36.8 Å². The summed E-state index contributed by atoms with van der Waals surface area (Å²) in [6, 6.07) is 7.55. The van der Waals surface area contributed by atoms with Gasteiger partial charge in [0.2, 0.25) is 0 Å². The summed E-state index contributed by atoms with van der Waals surface area (Å²) in [4.78, 5) is 13.8. The summed E-state index contributed by atoms with van der Waals surface area (Å²) in [5.41, 5.74) is 3.17. The predicted molar refractivity (Wildman–Crippen MR) is 122 cm³/mol. The lowest BCUT2D eigenvalue weighted by atomic mass is 10.1. The number of aromatic nitrogens is 6. The fourth-order valence-electron chi connectivity index (χ4n) is 4.06. The molecule has 1 fully saturated rings. The van der Waals surface area contributed by atoms with E-state index in [0.29, 0.717) is 35.0 Å². The van der Waals surface area contributed by atoms with Gasteiger partial charge < -0.3 is 30.1 Å². The average molecular weight is 467 g/mol. The van der Waals surface area contributed by atoms with Crippen molar-refractivity contribution in [2.24, 2.45) is 0 Å². The summed E-state index contributed by atoms with van der Waals surface area (Å²) in [5.74, 6) is 1.60. The molecule has 0 aliphatic carbocycles. The second-order valence-electron chi connectivity index (χ2n) is 7.87. The van der Waals surface area contributed by atoms with Gasteiger partial charge in [-0.1, -0.05) is 12.1 Å². The zero-order valence-electron chi connectivity index (χ0n) is 18.6. The number of benzene rings is 1. The summed E-state index contributed by atoms with van der Waals surface area (Å²) >= 11 is 0. The van der Waals surface area contributed by atoms with Crippen LogP contribution in [0, 0.1) is 0 Å². The molecular formula is C22H25N7O5.